The number of carboxylic acid groups (broad SMARTS) is 1. The van der Waals surface area contributed by atoms with Gasteiger partial charge in [-0.3, -0.25) is 4.79 Å². The number of carboxylic acids is 1. The lowest BCUT2D eigenvalue weighted by atomic mass is 10.1. The number of nitrogens with two attached hydrogens (primary N) is 1. The number of benzene rings is 1. The van der Waals surface area contributed by atoms with E-state index in [-0.39, 0.29) is 17.7 Å². The minimum absolute atomic E-state index is 0.0920. The number of ether oxygens (including phenoxy) is 1. The molecular formula is C11H12FNO4. The van der Waals surface area contributed by atoms with Gasteiger partial charge in [0.1, 0.15) is 5.82 Å². The van der Waals surface area contributed by atoms with Crippen molar-refractivity contribution in [1.29, 1.82) is 0 Å². The highest BCUT2D eigenvalue weighted by atomic mass is 19.1. The van der Waals surface area contributed by atoms with E-state index in [0.717, 1.165) is 6.07 Å². The van der Waals surface area contributed by atoms with Crippen LogP contribution in [0.5, 0.6) is 0 Å². The topological polar surface area (TPSA) is 89.6 Å². The lowest BCUT2D eigenvalue weighted by molar-refractivity contribution is -0.149. The lowest BCUT2D eigenvalue weighted by Gasteiger charge is -2.09. The van der Waals surface area contributed by atoms with Gasteiger partial charge in [0.2, 0.25) is 5.91 Å². The number of aliphatic carboxylic acids is 1. The summed E-state index contributed by atoms with van der Waals surface area (Å²) in [4.78, 5) is 21.4. The first-order chi connectivity index (χ1) is 7.91. The molecule has 17 heavy (non-hydrogen) atoms. The van der Waals surface area contributed by atoms with Crippen LogP contribution in [0.1, 0.15) is 22.8 Å². The Hall–Kier alpha value is -1.95. The Bertz CT molecular complexity index is 447. The van der Waals surface area contributed by atoms with Gasteiger partial charge in [0.25, 0.3) is 0 Å². The van der Waals surface area contributed by atoms with E-state index in [1.54, 1.807) is 0 Å². The smallest absolute Gasteiger partial charge is 0.332 e. The van der Waals surface area contributed by atoms with Crippen molar-refractivity contribution < 1.29 is 23.8 Å². The van der Waals surface area contributed by atoms with Gasteiger partial charge in [-0.25, -0.2) is 9.18 Å². The molecule has 0 aliphatic carbocycles. The fraction of sp³-hybridized carbons (Fsp3) is 0.273. The van der Waals surface area contributed by atoms with Gasteiger partial charge in [0, 0.05) is 11.1 Å². The van der Waals surface area contributed by atoms with Crippen LogP contribution in [0.2, 0.25) is 0 Å². The molecule has 1 amide bonds. The largest absolute Gasteiger partial charge is 0.479 e. The SMILES string of the molecule is C[C@H](OCc1cc(C(N)=O)ccc1F)C(=O)O. The first-order valence-electron chi connectivity index (χ1n) is 4.84. The predicted molar refractivity (Wildman–Crippen MR) is 56.8 cm³/mol. The Morgan fingerprint density at radius 2 is 2.18 bits per heavy atom. The summed E-state index contributed by atoms with van der Waals surface area (Å²) in [6, 6.07) is 3.58. The molecule has 92 valence electrons. The molecule has 0 aliphatic heterocycles. The minimum atomic E-state index is -1.14. The fourth-order valence-corrected chi connectivity index (χ4v) is 1.12. The molecule has 1 aromatic carbocycles. The molecule has 0 radical (unpaired) electrons. The molecule has 0 aliphatic rings. The third kappa shape index (κ3) is 3.53. The van der Waals surface area contributed by atoms with E-state index in [2.05, 4.69) is 0 Å². The molecule has 0 bridgehead atoms. The average molecular weight is 241 g/mol. The number of carbonyl (C=O) groups is 2. The van der Waals surface area contributed by atoms with Gasteiger partial charge in [0.15, 0.2) is 6.10 Å². The third-order valence-corrected chi connectivity index (χ3v) is 2.17. The van der Waals surface area contributed by atoms with Crippen molar-refractivity contribution in [3.63, 3.8) is 0 Å². The highest BCUT2D eigenvalue weighted by Gasteiger charge is 2.13. The van der Waals surface area contributed by atoms with E-state index < -0.39 is 23.8 Å². The summed E-state index contributed by atoms with van der Waals surface area (Å²) in [6.07, 6.45) is -1.05. The molecule has 1 aromatic rings. The summed E-state index contributed by atoms with van der Waals surface area (Å²) < 4.78 is 18.2. The zero-order valence-corrected chi connectivity index (χ0v) is 9.14. The maximum Gasteiger partial charge on any atom is 0.332 e. The summed E-state index contributed by atoms with van der Waals surface area (Å²) in [5.74, 6) is -2.40. The van der Waals surface area contributed by atoms with Gasteiger partial charge in [0.05, 0.1) is 6.61 Å². The Labute approximate surface area is 97.0 Å². The Morgan fingerprint density at radius 1 is 1.53 bits per heavy atom. The Morgan fingerprint density at radius 3 is 2.71 bits per heavy atom. The van der Waals surface area contributed by atoms with Crippen molar-refractivity contribution in [3.05, 3.63) is 35.1 Å². The van der Waals surface area contributed by atoms with Crippen LogP contribution in [0.15, 0.2) is 18.2 Å². The minimum Gasteiger partial charge on any atom is -0.479 e. The van der Waals surface area contributed by atoms with Crippen molar-refractivity contribution in [2.75, 3.05) is 0 Å². The zero-order chi connectivity index (χ0) is 13.0. The molecule has 0 spiro atoms. The second-order valence-electron chi connectivity index (χ2n) is 3.46. The third-order valence-electron chi connectivity index (χ3n) is 2.17. The van der Waals surface area contributed by atoms with Crippen LogP contribution in [-0.2, 0) is 16.1 Å². The summed E-state index contributed by atoms with van der Waals surface area (Å²) >= 11 is 0. The van der Waals surface area contributed by atoms with Crippen LogP contribution >= 0.6 is 0 Å². The number of halogens is 1. The van der Waals surface area contributed by atoms with Gasteiger partial charge < -0.3 is 15.6 Å². The molecular weight excluding hydrogens is 229 g/mol. The average Bonchev–Trinajstić information content (AvgIpc) is 2.26. The number of carbonyl (C=O) groups excluding carboxylic acids is 1. The fourth-order valence-electron chi connectivity index (χ4n) is 1.12. The number of primary amides is 1. The summed E-state index contributed by atoms with van der Waals surface area (Å²) in [6.45, 7) is 1.10. The Kier molecular flexibility index (Phi) is 4.17. The van der Waals surface area contributed by atoms with Crippen LogP contribution in [0.25, 0.3) is 0 Å². The molecule has 0 heterocycles. The van der Waals surface area contributed by atoms with Crippen LogP contribution < -0.4 is 5.73 Å². The highest BCUT2D eigenvalue weighted by molar-refractivity contribution is 5.92. The maximum atomic E-state index is 13.3. The number of hydrogen-bond acceptors (Lipinski definition) is 3. The van der Waals surface area contributed by atoms with Crippen LogP contribution in [0.3, 0.4) is 0 Å². The van der Waals surface area contributed by atoms with E-state index in [9.17, 15) is 14.0 Å². The van der Waals surface area contributed by atoms with E-state index in [1.807, 2.05) is 0 Å². The summed E-state index contributed by atoms with van der Waals surface area (Å²) in [7, 11) is 0. The van der Waals surface area contributed by atoms with Gasteiger partial charge >= 0.3 is 5.97 Å². The van der Waals surface area contributed by atoms with Crippen molar-refractivity contribution in [2.45, 2.75) is 19.6 Å². The van der Waals surface area contributed by atoms with Gasteiger partial charge in [-0.05, 0) is 25.1 Å². The monoisotopic (exact) mass is 241 g/mol. The van der Waals surface area contributed by atoms with Gasteiger partial charge in [-0.2, -0.15) is 0 Å². The van der Waals surface area contributed by atoms with Crippen LogP contribution in [0, 0.1) is 5.82 Å². The normalized spacial score (nSPS) is 12.1. The maximum absolute atomic E-state index is 13.3. The molecule has 0 fully saturated rings. The number of hydrogen-bond donors (Lipinski definition) is 2. The molecule has 3 N–H and O–H groups in total. The number of rotatable bonds is 5. The van der Waals surface area contributed by atoms with Crippen LogP contribution in [0.4, 0.5) is 4.39 Å². The summed E-state index contributed by atoms with van der Waals surface area (Å²) in [5.41, 5.74) is 5.28. The quantitative estimate of drug-likeness (QED) is 0.801. The number of amides is 1. The van der Waals surface area contributed by atoms with E-state index in [1.165, 1.54) is 19.1 Å². The molecule has 0 aromatic heterocycles. The first-order valence-corrected chi connectivity index (χ1v) is 4.84. The molecule has 0 saturated carbocycles. The van der Waals surface area contributed by atoms with Crippen molar-refractivity contribution in [3.8, 4) is 0 Å². The van der Waals surface area contributed by atoms with E-state index >= 15 is 0 Å². The standard InChI is InChI=1S/C11H12FNO4/c1-6(11(15)16)17-5-8-4-7(10(13)14)2-3-9(8)12/h2-4,6H,5H2,1H3,(H2,13,14)(H,15,16)/t6-/m0/s1. The first kappa shape index (κ1) is 13.1. The zero-order valence-electron chi connectivity index (χ0n) is 9.14. The molecule has 1 atom stereocenters. The Balaban J connectivity index is 2.79. The highest BCUT2D eigenvalue weighted by Crippen LogP contribution is 2.12. The molecule has 5 nitrogen and oxygen atoms in total. The lowest BCUT2D eigenvalue weighted by Crippen LogP contribution is -2.20. The van der Waals surface area contributed by atoms with Crippen molar-refractivity contribution >= 4 is 11.9 Å². The second kappa shape index (κ2) is 5.40. The van der Waals surface area contributed by atoms with Crippen molar-refractivity contribution in [1.82, 2.24) is 0 Å². The second-order valence-corrected chi connectivity index (χ2v) is 3.46. The van der Waals surface area contributed by atoms with E-state index in [4.69, 9.17) is 15.6 Å². The van der Waals surface area contributed by atoms with Gasteiger partial charge in [-0.1, -0.05) is 0 Å². The van der Waals surface area contributed by atoms with Crippen LogP contribution in [-0.4, -0.2) is 23.1 Å². The predicted octanol–water partition coefficient (Wildman–Crippen LogP) is 0.914. The molecule has 6 heteroatoms. The molecule has 0 unspecified atom stereocenters. The molecule has 1 rings (SSSR count). The molecule has 0 saturated heterocycles. The van der Waals surface area contributed by atoms with Gasteiger partial charge in [-0.15, -0.1) is 0 Å². The summed E-state index contributed by atoms with van der Waals surface area (Å²) in [5, 5.41) is 8.58. The van der Waals surface area contributed by atoms with E-state index in [0.29, 0.717) is 0 Å². The van der Waals surface area contributed by atoms with Crippen molar-refractivity contribution in [2.24, 2.45) is 5.73 Å².